The predicted molar refractivity (Wildman–Crippen MR) is 128 cm³/mol. The van der Waals surface area contributed by atoms with E-state index in [1.54, 1.807) is 32.7 Å². The summed E-state index contributed by atoms with van der Waals surface area (Å²) in [6.45, 7) is 6.78. The summed E-state index contributed by atoms with van der Waals surface area (Å²) in [5, 5.41) is 6.59. The van der Waals surface area contributed by atoms with Crippen molar-refractivity contribution in [2.75, 3.05) is 10.3 Å². The van der Waals surface area contributed by atoms with E-state index in [-0.39, 0.29) is 23.7 Å². The molecule has 1 aliphatic carbocycles. The molecule has 35 heavy (non-hydrogen) atoms. The largest absolute Gasteiger partial charge is 0.444 e. The molecule has 2 aromatic rings. The van der Waals surface area contributed by atoms with Gasteiger partial charge < -0.3 is 15.4 Å². The molecule has 0 bridgehead atoms. The molecule has 3 amide bonds. The van der Waals surface area contributed by atoms with Crippen molar-refractivity contribution in [1.82, 2.24) is 10.7 Å². The second-order valence-electron chi connectivity index (χ2n) is 9.28. The van der Waals surface area contributed by atoms with Crippen molar-refractivity contribution in [3.05, 3.63) is 59.7 Å². The van der Waals surface area contributed by atoms with Crippen LogP contribution in [0.25, 0.3) is 0 Å². The van der Waals surface area contributed by atoms with E-state index >= 15 is 0 Å². The van der Waals surface area contributed by atoms with Crippen LogP contribution < -0.4 is 21.1 Å². The first-order valence-corrected chi connectivity index (χ1v) is 11.4. The molecule has 0 spiro atoms. The third-order valence-corrected chi connectivity index (χ3v) is 5.15. The van der Waals surface area contributed by atoms with E-state index in [0.29, 0.717) is 5.69 Å². The number of benzene rings is 2. The lowest BCUT2D eigenvalue weighted by Gasteiger charge is -2.26. The minimum absolute atomic E-state index is 0.00303. The number of rotatable bonds is 8. The van der Waals surface area contributed by atoms with Gasteiger partial charge in [0.2, 0.25) is 5.91 Å². The number of amides is 3. The molecule has 0 saturated heterocycles. The maximum absolute atomic E-state index is 14.8. The standard InChI is InChI=1S/C25H30F2N4O4/c1-5-19(29-24(34)35-25(2,3)4)22(32)28-20-8-6-7-18(27)21(20)23(33)30-31(17-13-14-17)16-11-9-15(26)10-12-16/h6-12,17,19H,5,13-14H2,1-4H3,(H,28,32)(H,29,34)(H,30,33)/t19-/m0/s1. The highest BCUT2D eigenvalue weighted by atomic mass is 19.1. The summed E-state index contributed by atoms with van der Waals surface area (Å²) in [6, 6.07) is 8.49. The van der Waals surface area contributed by atoms with Gasteiger partial charge in [-0.15, -0.1) is 0 Å². The lowest BCUT2D eigenvalue weighted by Crippen LogP contribution is -2.46. The summed E-state index contributed by atoms with van der Waals surface area (Å²) in [5.41, 5.74) is 2.08. The fourth-order valence-corrected chi connectivity index (χ4v) is 3.35. The number of hydrogen-bond donors (Lipinski definition) is 3. The van der Waals surface area contributed by atoms with E-state index in [4.69, 9.17) is 4.74 Å². The lowest BCUT2D eigenvalue weighted by atomic mass is 10.1. The third kappa shape index (κ3) is 7.14. The molecule has 8 nitrogen and oxygen atoms in total. The number of ether oxygens (including phenoxy) is 1. The SMILES string of the molecule is CC[C@H](NC(=O)OC(C)(C)C)C(=O)Nc1cccc(F)c1C(=O)NN(c1ccc(F)cc1)C1CC1. The number of hydrogen-bond acceptors (Lipinski definition) is 5. The summed E-state index contributed by atoms with van der Waals surface area (Å²) in [7, 11) is 0. The Morgan fingerprint density at radius 2 is 1.74 bits per heavy atom. The van der Waals surface area contributed by atoms with Crippen LogP contribution in [-0.4, -0.2) is 35.6 Å². The first-order chi connectivity index (χ1) is 16.5. The average molecular weight is 489 g/mol. The van der Waals surface area contributed by atoms with Crippen LogP contribution in [0.4, 0.5) is 25.0 Å². The van der Waals surface area contributed by atoms with E-state index in [0.717, 1.165) is 18.9 Å². The molecule has 1 atom stereocenters. The number of nitrogens with one attached hydrogen (secondary N) is 3. The molecule has 0 heterocycles. The molecule has 188 valence electrons. The Balaban J connectivity index is 1.77. The first-order valence-electron chi connectivity index (χ1n) is 11.4. The highest BCUT2D eigenvalue weighted by molar-refractivity contribution is 6.05. The third-order valence-electron chi connectivity index (χ3n) is 5.15. The van der Waals surface area contributed by atoms with Crippen LogP contribution in [0, 0.1) is 11.6 Å². The minimum Gasteiger partial charge on any atom is -0.444 e. The Bertz CT molecular complexity index is 1080. The zero-order valence-electron chi connectivity index (χ0n) is 20.2. The van der Waals surface area contributed by atoms with E-state index in [1.807, 2.05) is 0 Å². The zero-order chi connectivity index (χ0) is 25.8. The van der Waals surface area contributed by atoms with Gasteiger partial charge in [-0.3, -0.25) is 20.0 Å². The molecule has 3 N–H and O–H groups in total. The van der Waals surface area contributed by atoms with Crippen LogP contribution in [0.5, 0.6) is 0 Å². The predicted octanol–water partition coefficient (Wildman–Crippen LogP) is 4.52. The molecule has 0 aliphatic heterocycles. The molecule has 0 radical (unpaired) electrons. The Labute approximate surface area is 203 Å². The molecule has 2 aromatic carbocycles. The number of carbonyl (C=O) groups excluding carboxylic acids is 3. The van der Waals surface area contributed by atoms with Gasteiger partial charge in [0.1, 0.15) is 28.8 Å². The van der Waals surface area contributed by atoms with Gasteiger partial charge in [0.15, 0.2) is 0 Å². The van der Waals surface area contributed by atoms with Crippen molar-refractivity contribution >= 4 is 29.3 Å². The smallest absolute Gasteiger partial charge is 0.408 e. The van der Waals surface area contributed by atoms with Gasteiger partial charge in [-0.1, -0.05) is 13.0 Å². The van der Waals surface area contributed by atoms with Gasteiger partial charge in [-0.25, -0.2) is 13.6 Å². The molecule has 0 aromatic heterocycles. The molecular formula is C25H30F2N4O4. The van der Waals surface area contributed by atoms with Crippen molar-refractivity contribution < 1.29 is 27.9 Å². The Morgan fingerprint density at radius 3 is 2.31 bits per heavy atom. The number of alkyl carbamates (subject to hydrolysis) is 1. The highest BCUT2D eigenvalue weighted by Gasteiger charge is 2.32. The quantitative estimate of drug-likeness (QED) is 0.475. The number of hydrazine groups is 1. The maximum atomic E-state index is 14.8. The highest BCUT2D eigenvalue weighted by Crippen LogP contribution is 2.31. The topological polar surface area (TPSA) is 99.8 Å². The number of carbonyl (C=O) groups is 3. The summed E-state index contributed by atoms with van der Waals surface area (Å²) >= 11 is 0. The van der Waals surface area contributed by atoms with Crippen molar-refractivity contribution in [1.29, 1.82) is 0 Å². The van der Waals surface area contributed by atoms with Crippen LogP contribution >= 0.6 is 0 Å². The van der Waals surface area contributed by atoms with Crippen molar-refractivity contribution in [2.24, 2.45) is 0 Å². The molecule has 3 rings (SSSR count). The lowest BCUT2D eigenvalue weighted by molar-refractivity contribution is -0.118. The van der Waals surface area contributed by atoms with Crippen LogP contribution in [0.15, 0.2) is 42.5 Å². The van der Waals surface area contributed by atoms with Gasteiger partial charge in [0.25, 0.3) is 5.91 Å². The van der Waals surface area contributed by atoms with Crippen molar-refractivity contribution in [2.45, 2.75) is 64.6 Å². The van der Waals surface area contributed by atoms with Crippen LogP contribution in [0.2, 0.25) is 0 Å². The maximum Gasteiger partial charge on any atom is 0.408 e. The van der Waals surface area contributed by atoms with Gasteiger partial charge in [-0.2, -0.15) is 0 Å². The van der Waals surface area contributed by atoms with Gasteiger partial charge in [0, 0.05) is 0 Å². The monoisotopic (exact) mass is 488 g/mol. The molecule has 1 fully saturated rings. The van der Waals surface area contributed by atoms with Gasteiger partial charge in [-0.05, 0) is 76.4 Å². The second kappa shape index (κ2) is 10.7. The average Bonchev–Trinajstić information content (AvgIpc) is 3.60. The van der Waals surface area contributed by atoms with Crippen LogP contribution in [0.1, 0.15) is 57.3 Å². The van der Waals surface area contributed by atoms with Crippen molar-refractivity contribution in [3.8, 4) is 0 Å². The normalized spacial score (nSPS) is 14.0. The van der Waals surface area contributed by atoms with E-state index in [2.05, 4.69) is 16.1 Å². The molecular weight excluding hydrogens is 458 g/mol. The Morgan fingerprint density at radius 1 is 1.09 bits per heavy atom. The molecule has 1 aliphatic rings. The summed E-state index contributed by atoms with van der Waals surface area (Å²) in [4.78, 5) is 38.1. The summed E-state index contributed by atoms with van der Waals surface area (Å²) < 4.78 is 33.3. The van der Waals surface area contributed by atoms with Crippen LogP contribution in [0.3, 0.4) is 0 Å². The number of nitrogens with zero attached hydrogens (tertiary/aromatic N) is 1. The zero-order valence-corrected chi connectivity index (χ0v) is 20.2. The first kappa shape index (κ1) is 25.9. The summed E-state index contributed by atoms with van der Waals surface area (Å²) in [5.74, 6) is -2.65. The van der Waals surface area contributed by atoms with E-state index in [1.165, 1.54) is 36.4 Å². The summed E-state index contributed by atoms with van der Waals surface area (Å²) in [6.07, 6.45) is 1.10. The second-order valence-corrected chi connectivity index (χ2v) is 9.28. The van der Waals surface area contributed by atoms with Gasteiger partial charge in [0.05, 0.1) is 17.4 Å². The van der Waals surface area contributed by atoms with E-state index in [9.17, 15) is 23.2 Å². The minimum atomic E-state index is -0.966. The Kier molecular flexibility index (Phi) is 7.93. The Hall–Kier alpha value is -3.69. The molecule has 1 saturated carbocycles. The molecule has 10 heteroatoms. The number of anilines is 2. The fraction of sp³-hybridized carbons (Fsp3) is 0.400. The number of halogens is 2. The van der Waals surface area contributed by atoms with E-state index < -0.39 is 41.2 Å². The fourth-order valence-electron chi connectivity index (χ4n) is 3.35. The van der Waals surface area contributed by atoms with Gasteiger partial charge >= 0.3 is 6.09 Å². The molecule has 0 unspecified atom stereocenters. The van der Waals surface area contributed by atoms with Crippen molar-refractivity contribution in [3.63, 3.8) is 0 Å². The van der Waals surface area contributed by atoms with Crippen LogP contribution in [-0.2, 0) is 9.53 Å².